The molecule has 0 spiro atoms. The van der Waals surface area contributed by atoms with Gasteiger partial charge in [-0.15, -0.1) is 0 Å². The van der Waals surface area contributed by atoms with Crippen LogP contribution in [0.4, 0.5) is 0 Å². The Morgan fingerprint density at radius 2 is 1.84 bits per heavy atom. The average molecular weight is 622 g/mol. The summed E-state index contributed by atoms with van der Waals surface area (Å²) in [5.74, 6) is 2.45. The lowest BCUT2D eigenvalue weighted by atomic mass is 9.77. The fraction of sp³-hybridized carbons (Fsp3) is 0.657. The lowest BCUT2D eigenvalue weighted by Gasteiger charge is -2.51. The Hall–Kier alpha value is -3.56. The molecule has 1 aromatic heterocycles. The molecular weight excluding hydrogens is 570 g/mol. The molecule has 3 aliphatic heterocycles. The maximum Gasteiger partial charge on any atom is 0.272 e. The van der Waals surface area contributed by atoms with E-state index in [4.69, 9.17) is 14.6 Å². The first-order valence-corrected chi connectivity index (χ1v) is 16.9. The van der Waals surface area contributed by atoms with Crippen molar-refractivity contribution in [2.45, 2.75) is 91.1 Å². The highest BCUT2D eigenvalue weighted by Crippen LogP contribution is 2.37. The number of fused-ring (bicyclic) bond motifs is 6. The van der Waals surface area contributed by atoms with Crippen molar-refractivity contribution in [3.05, 3.63) is 40.7 Å². The number of rotatable bonds is 6. The molecule has 2 saturated heterocycles. The highest BCUT2D eigenvalue weighted by atomic mass is 16.5. The van der Waals surface area contributed by atoms with Crippen LogP contribution in [-0.4, -0.2) is 83.7 Å². The highest BCUT2D eigenvalue weighted by molar-refractivity contribution is 5.93. The standard InChI is InChI=1S/C35H51N5O5/c1-6-40-30(19-28(37-40)15-23(2)3)35(43)38-20-25-17-27(22-38)29-10-7-11-32(41)36-14-8-9-26-16-24(12-13-33(42)39(29)21-25)18-31(44-4)34(26)45-5/h16,18-19,23,25,27,29H,6-15,17,20-22H2,1-5H3,(H,36,41)/t25-,27+,29-/m0/s1. The van der Waals surface area contributed by atoms with Crippen LogP contribution in [0.2, 0.25) is 0 Å². The summed E-state index contributed by atoms with van der Waals surface area (Å²) in [5, 5.41) is 7.79. The smallest absolute Gasteiger partial charge is 0.272 e. The van der Waals surface area contributed by atoms with Crippen LogP contribution in [-0.2, 0) is 35.4 Å². The first kappa shape index (κ1) is 32.8. The van der Waals surface area contributed by atoms with Crippen LogP contribution < -0.4 is 14.8 Å². The molecule has 3 atom stereocenters. The fourth-order valence-electron chi connectivity index (χ4n) is 7.63. The number of piperidine rings is 2. The molecule has 4 heterocycles. The molecule has 2 fully saturated rings. The van der Waals surface area contributed by atoms with E-state index in [0.29, 0.717) is 81.5 Å². The van der Waals surface area contributed by atoms with E-state index in [1.807, 2.05) is 28.6 Å². The van der Waals surface area contributed by atoms with E-state index in [1.165, 1.54) is 0 Å². The minimum absolute atomic E-state index is 0.00129. The minimum Gasteiger partial charge on any atom is -0.493 e. The summed E-state index contributed by atoms with van der Waals surface area (Å²) in [4.78, 5) is 44.7. The van der Waals surface area contributed by atoms with Crippen molar-refractivity contribution in [2.75, 3.05) is 40.4 Å². The van der Waals surface area contributed by atoms with Crippen molar-refractivity contribution in [3.8, 4) is 11.5 Å². The molecule has 4 bridgehead atoms. The fourth-order valence-corrected chi connectivity index (χ4v) is 7.63. The summed E-state index contributed by atoms with van der Waals surface area (Å²) in [7, 11) is 3.28. The minimum atomic E-state index is -0.00129. The Bertz CT molecular complexity index is 1370. The normalized spacial score (nSPS) is 23.0. The summed E-state index contributed by atoms with van der Waals surface area (Å²) in [6, 6.07) is 6.05. The van der Waals surface area contributed by atoms with E-state index in [1.54, 1.807) is 14.2 Å². The molecular formula is C35H51N5O5. The molecule has 3 aliphatic rings. The molecule has 2 aromatic rings. The van der Waals surface area contributed by atoms with Crippen molar-refractivity contribution < 1.29 is 23.9 Å². The summed E-state index contributed by atoms with van der Waals surface area (Å²) in [6.45, 7) is 9.48. The number of aromatic nitrogens is 2. The zero-order chi connectivity index (χ0) is 32.1. The number of nitrogens with zero attached hydrogens (tertiary/aromatic N) is 4. The largest absolute Gasteiger partial charge is 0.493 e. The van der Waals surface area contributed by atoms with Crippen LogP contribution in [0.15, 0.2) is 18.2 Å². The molecule has 45 heavy (non-hydrogen) atoms. The lowest BCUT2D eigenvalue weighted by molar-refractivity contribution is -0.140. The van der Waals surface area contributed by atoms with E-state index >= 15 is 0 Å². The van der Waals surface area contributed by atoms with Gasteiger partial charge in [-0.2, -0.15) is 5.10 Å². The second-order valence-electron chi connectivity index (χ2n) is 13.5. The first-order chi connectivity index (χ1) is 21.7. The van der Waals surface area contributed by atoms with E-state index in [2.05, 4.69) is 30.1 Å². The predicted molar refractivity (Wildman–Crippen MR) is 172 cm³/mol. The van der Waals surface area contributed by atoms with Crippen LogP contribution in [0.25, 0.3) is 0 Å². The summed E-state index contributed by atoms with van der Waals surface area (Å²) >= 11 is 0. The number of hydrogen-bond acceptors (Lipinski definition) is 6. The zero-order valence-electron chi connectivity index (χ0n) is 27.8. The SMILES string of the molecule is CCn1nc(CC(C)C)cc1C(=O)N1C[C@@H]2C[C@H](C1)[C@@H]1CCCC(=O)NCCCc3cc(cc(OC)c3OC)CCC(=O)N1C2. The lowest BCUT2D eigenvalue weighted by Crippen LogP contribution is -2.60. The number of aryl methyl sites for hydroxylation is 3. The molecule has 0 aliphatic carbocycles. The van der Waals surface area contributed by atoms with Gasteiger partial charge in [0.05, 0.1) is 19.9 Å². The second-order valence-corrected chi connectivity index (χ2v) is 13.5. The molecule has 0 unspecified atom stereocenters. The van der Waals surface area contributed by atoms with E-state index < -0.39 is 0 Å². The van der Waals surface area contributed by atoms with Crippen LogP contribution >= 0.6 is 0 Å². The molecule has 3 amide bonds. The number of hydrogen-bond donors (Lipinski definition) is 1. The Morgan fingerprint density at radius 3 is 2.58 bits per heavy atom. The number of benzene rings is 1. The molecule has 10 nitrogen and oxygen atoms in total. The highest BCUT2D eigenvalue weighted by Gasteiger charge is 2.44. The summed E-state index contributed by atoms with van der Waals surface area (Å²) in [6.07, 6.45) is 6.28. The van der Waals surface area contributed by atoms with Gasteiger partial charge in [0.1, 0.15) is 5.69 Å². The second kappa shape index (κ2) is 14.7. The molecule has 5 rings (SSSR count). The summed E-state index contributed by atoms with van der Waals surface area (Å²) < 4.78 is 13.2. The van der Waals surface area contributed by atoms with Gasteiger partial charge in [0, 0.05) is 51.6 Å². The molecule has 0 radical (unpaired) electrons. The molecule has 0 saturated carbocycles. The van der Waals surface area contributed by atoms with E-state index in [-0.39, 0.29) is 35.6 Å². The number of nitrogens with one attached hydrogen (secondary N) is 1. The Balaban J connectivity index is 1.36. The van der Waals surface area contributed by atoms with Gasteiger partial charge in [0.25, 0.3) is 5.91 Å². The molecule has 10 heteroatoms. The van der Waals surface area contributed by atoms with Crippen LogP contribution in [0, 0.1) is 17.8 Å². The van der Waals surface area contributed by atoms with Crippen molar-refractivity contribution in [1.29, 1.82) is 0 Å². The van der Waals surface area contributed by atoms with Gasteiger partial charge in [-0.3, -0.25) is 19.1 Å². The maximum atomic E-state index is 13.9. The maximum absolute atomic E-state index is 13.9. The first-order valence-electron chi connectivity index (χ1n) is 16.9. The van der Waals surface area contributed by atoms with Crippen LogP contribution in [0.5, 0.6) is 11.5 Å². The number of carbonyl (C=O) groups is 3. The van der Waals surface area contributed by atoms with Gasteiger partial charge in [-0.25, -0.2) is 0 Å². The Morgan fingerprint density at radius 1 is 1.02 bits per heavy atom. The van der Waals surface area contributed by atoms with Gasteiger partial charge in [0.15, 0.2) is 11.5 Å². The average Bonchev–Trinajstić information content (AvgIpc) is 3.43. The third kappa shape index (κ3) is 7.64. The monoisotopic (exact) mass is 621 g/mol. The van der Waals surface area contributed by atoms with Gasteiger partial charge < -0.3 is 24.6 Å². The molecule has 1 aromatic carbocycles. The van der Waals surface area contributed by atoms with Gasteiger partial charge >= 0.3 is 0 Å². The van der Waals surface area contributed by atoms with Gasteiger partial charge in [-0.05, 0) is 92.9 Å². The molecule has 246 valence electrons. The Labute approximate surface area is 267 Å². The predicted octanol–water partition coefficient (Wildman–Crippen LogP) is 4.27. The summed E-state index contributed by atoms with van der Waals surface area (Å²) in [5.41, 5.74) is 3.69. The number of likely N-dealkylation sites (tertiary alicyclic amines) is 1. The van der Waals surface area contributed by atoms with Crippen molar-refractivity contribution in [1.82, 2.24) is 24.9 Å². The number of amides is 3. The topological polar surface area (TPSA) is 106 Å². The van der Waals surface area contributed by atoms with Crippen molar-refractivity contribution >= 4 is 17.7 Å². The third-order valence-corrected chi connectivity index (χ3v) is 9.64. The van der Waals surface area contributed by atoms with E-state index in [0.717, 1.165) is 48.9 Å². The Kier molecular flexibility index (Phi) is 10.7. The quantitative estimate of drug-likeness (QED) is 0.517. The van der Waals surface area contributed by atoms with Crippen molar-refractivity contribution in [3.63, 3.8) is 0 Å². The van der Waals surface area contributed by atoms with Crippen LogP contribution in [0.1, 0.15) is 86.6 Å². The van der Waals surface area contributed by atoms with Crippen molar-refractivity contribution in [2.24, 2.45) is 17.8 Å². The zero-order valence-corrected chi connectivity index (χ0v) is 27.8. The van der Waals surface area contributed by atoms with Gasteiger partial charge in [0.2, 0.25) is 11.8 Å². The third-order valence-electron chi connectivity index (χ3n) is 9.64. The molecule has 1 N–H and O–H groups in total. The van der Waals surface area contributed by atoms with Crippen LogP contribution in [0.3, 0.4) is 0 Å². The number of ether oxygens (including phenoxy) is 2. The van der Waals surface area contributed by atoms with Gasteiger partial charge in [-0.1, -0.05) is 19.9 Å². The van der Waals surface area contributed by atoms with E-state index in [9.17, 15) is 14.4 Å². The number of methoxy groups -OCH3 is 2. The number of carbonyl (C=O) groups excluding carboxylic acids is 3.